The van der Waals surface area contributed by atoms with E-state index in [-0.39, 0.29) is 12.5 Å². The average molecular weight is 277 g/mol. The summed E-state index contributed by atoms with van der Waals surface area (Å²) in [6.07, 6.45) is -0.788. The number of carbonyl (C=O) groups is 1. The van der Waals surface area contributed by atoms with Crippen molar-refractivity contribution in [3.05, 3.63) is 33.8 Å². The van der Waals surface area contributed by atoms with Gasteiger partial charge in [-0.05, 0) is 37.6 Å². The molecule has 0 radical (unpaired) electrons. The molecule has 0 unspecified atom stereocenters. The quantitative estimate of drug-likeness (QED) is 0.897. The first-order valence-electron chi connectivity index (χ1n) is 5.21. The van der Waals surface area contributed by atoms with Gasteiger partial charge < -0.3 is 9.84 Å². The Bertz CT molecular complexity index is 384. The van der Waals surface area contributed by atoms with Crippen molar-refractivity contribution in [3.8, 4) is 0 Å². The molecule has 0 heterocycles. The first-order valence-corrected chi connectivity index (χ1v) is 5.97. The van der Waals surface area contributed by atoms with Gasteiger partial charge >= 0.3 is 5.97 Å². The molecule has 5 heteroatoms. The Balaban J connectivity index is 2.82. The SMILES string of the molecule is CC(C)O[C@@H](Cc1cc(Cl)cc(Cl)c1)C(=O)O. The second-order valence-electron chi connectivity index (χ2n) is 3.99. The van der Waals surface area contributed by atoms with Crippen LogP contribution in [0.1, 0.15) is 19.4 Å². The fourth-order valence-electron chi connectivity index (χ4n) is 1.47. The van der Waals surface area contributed by atoms with Crippen LogP contribution >= 0.6 is 23.2 Å². The van der Waals surface area contributed by atoms with Crippen LogP contribution in [-0.4, -0.2) is 23.3 Å². The van der Waals surface area contributed by atoms with Gasteiger partial charge in [-0.3, -0.25) is 0 Å². The molecule has 94 valence electrons. The Morgan fingerprint density at radius 2 is 1.82 bits per heavy atom. The first kappa shape index (κ1) is 14.3. The number of hydrogen-bond donors (Lipinski definition) is 1. The maximum absolute atomic E-state index is 11.0. The standard InChI is InChI=1S/C12H14Cl2O3/c1-7(2)17-11(12(15)16)5-8-3-9(13)6-10(14)4-8/h3-4,6-7,11H,5H2,1-2H3,(H,15,16)/t11-/m0/s1. The number of halogens is 2. The van der Waals surface area contributed by atoms with Gasteiger partial charge in [-0.1, -0.05) is 23.2 Å². The van der Waals surface area contributed by atoms with E-state index in [9.17, 15) is 4.79 Å². The number of benzene rings is 1. The Kier molecular flexibility index (Phi) is 5.25. The molecule has 0 amide bonds. The lowest BCUT2D eigenvalue weighted by atomic mass is 10.1. The highest BCUT2D eigenvalue weighted by molar-refractivity contribution is 6.34. The summed E-state index contributed by atoms with van der Waals surface area (Å²) in [5.41, 5.74) is 0.746. The van der Waals surface area contributed by atoms with Gasteiger partial charge in [0, 0.05) is 16.5 Å². The minimum absolute atomic E-state index is 0.147. The van der Waals surface area contributed by atoms with Crippen molar-refractivity contribution < 1.29 is 14.6 Å². The normalized spacial score (nSPS) is 12.8. The molecule has 0 aromatic heterocycles. The predicted octanol–water partition coefficient (Wildman–Crippen LogP) is 3.41. The highest BCUT2D eigenvalue weighted by Crippen LogP contribution is 2.20. The second-order valence-corrected chi connectivity index (χ2v) is 4.87. The number of ether oxygens (including phenoxy) is 1. The predicted molar refractivity (Wildman–Crippen MR) is 67.8 cm³/mol. The topological polar surface area (TPSA) is 46.5 Å². The van der Waals surface area contributed by atoms with Crippen LogP contribution in [0, 0.1) is 0 Å². The van der Waals surface area contributed by atoms with Crippen molar-refractivity contribution >= 4 is 29.2 Å². The average Bonchev–Trinajstić information content (AvgIpc) is 2.13. The van der Waals surface area contributed by atoms with Gasteiger partial charge in [-0.15, -0.1) is 0 Å². The third-order valence-electron chi connectivity index (χ3n) is 2.06. The largest absolute Gasteiger partial charge is 0.479 e. The summed E-state index contributed by atoms with van der Waals surface area (Å²) in [6, 6.07) is 4.98. The van der Waals surface area contributed by atoms with E-state index in [4.69, 9.17) is 33.0 Å². The van der Waals surface area contributed by atoms with Crippen LogP contribution in [0.15, 0.2) is 18.2 Å². The minimum atomic E-state index is -0.991. The molecule has 0 saturated carbocycles. The van der Waals surface area contributed by atoms with E-state index in [0.717, 1.165) is 5.56 Å². The summed E-state index contributed by atoms with van der Waals surface area (Å²) in [5, 5.41) is 10.0. The van der Waals surface area contributed by atoms with Crippen molar-refractivity contribution in [3.63, 3.8) is 0 Å². The molecule has 1 rings (SSSR count). The minimum Gasteiger partial charge on any atom is -0.479 e. The van der Waals surface area contributed by atoms with E-state index < -0.39 is 12.1 Å². The molecular formula is C12H14Cl2O3. The zero-order chi connectivity index (χ0) is 13.0. The Morgan fingerprint density at radius 3 is 2.24 bits per heavy atom. The summed E-state index contributed by atoms with van der Waals surface area (Å²) >= 11 is 11.7. The zero-order valence-electron chi connectivity index (χ0n) is 9.61. The molecule has 0 aliphatic carbocycles. The fourth-order valence-corrected chi connectivity index (χ4v) is 2.04. The zero-order valence-corrected chi connectivity index (χ0v) is 11.1. The van der Waals surface area contributed by atoms with Crippen molar-refractivity contribution in [1.29, 1.82) is 0 Å². The van der Waals surface area contributed by atoms with Gasteiger partial charge in [0.25, 0.3) is 0 Å². The molecule has 1 atom stereocenters. The Labute approximate surface area is 110 Å². The molecule has 0 spiro atoms. The monoisotopic (exact) mass is 276 g/mol. The van der Waals surface area contributed by atoms with Crippen molar-refractivity contribution in [2.75, 3.05) is 0 Å². The highest BCUT2D eigenvalue weighted by Gasteiger charge is 2.20. The van der Waals surface area contributed by atoms with Crippen LogP contribution in [0.3, 0.4) is 0 Å². The number of aliphatic carboxylic acids is 1. The van der Waals surface area contributed by atoms with Crippen LogP contribution in [-0.2, 0) is 16.0 Å². The molecule has 1 N–H and O–H groups in total. The van der Waals surface area contributed by atoms with Crippen LogP contribution in [0.2, 0.25) is 10.0 Å². The van der Waals surface area contributed by atoms with Gasteiger partial charge in [0.1, 0.15) is 0 Å². The van der Waals surface area contributed by atoms with Crippen LogP contribution in [0.25, 0.3) is 0 Å². The summed E-state index contributed by atoms with van der Waals surface area (Å²) in [5.74, 6) is -0.991. The third kappa shape index (κ3) is 4.94. The molecule has 3 nitrogen and oxygen atoms in total. The summed E-state index contributed by atoms with van der Waals surface area (Å²) in [7, 11) is 0. The van der Waals surface area contributed by atoms with E-state index in [1.165, 1.54) is 0 Å². The lowest BCUT2D eigenvalue weighted by Gasteiger charge is -2.16. The molecule has 0 fully saturated rings. The van der Waals surface area contributed by atoms with Gasteiger partial charge in [0.2, 0.25) is 0 Å². The van der Waals surface area contributed by atoms with Gasteiger partial charge in [0.15, 0.2) is 6.10 Å². The summed E-state index contributed by atoms with van der Waals surface area (Å²) < 4.78 is 5.31. The number of hydrogen-bond acceptors (Lipinski definition) is 2. The summed E-state index contributed by atoms with van der Waals surface area (Å²) in [6.45, 7) is 3.59. The number of carboxylic acid groups (broad SMARTS) is 1. The Morgan fingerprint density at radius 1 is 1.29 bits per heavy atom. The molecular weight excluding hydrogens is 263 g/mol. The molecule has 17 heavy (non-hydrogen) atoms. The molecule has 1 aromatic carbocycles. The maximum Gasteiger partial charge on any atom is 0.333 e. The maximum atomic E-state index is 11.0. The first-order chi connectivity index (χ1) is 7.88. The second kappa shape index (κ2) is 6.24. The van der Waals surface area contributed by atoms with Crippen molar-refractivity contribution in [2.45, 2.75) is 32.5 Å². The van der Waals surface area contributed by atoms with E-state index in [1.54, 1.807) is 32.0 Å². The van der Waals surface area contributed by atoms with E-state index >= 15 is 0 Å². The van der Waals surface area contributed by atoms with Crippen molar-refractivity contribution in [2.24, 2.45) is 0 Å². The third-order valence-corrected chi connectivity index (χ3v) is 2.49. The van der Waals surface area contributed by atoms with Gasteiger partial charge in [-0.2, -0.15) is 0 Å². The molecule has 0 bridgehead atoms. The highest BCUT2D eigenvalue weighted by atomic mass is 35.5. The van der Waals surface area contributed by atoms with E-state index in [2.05, 4.69) is 0 Å². The van der Waals surface area contributed by atoms with Crippen molar-refractivity contribution in [1.82, 2.24) is 0 Å². The molecule has 0 saturated heterocycles. The smallest absolute Gasteiger partial charge is 0.333 e. The number of rotatable bonds is 5. The fraction of sp³-hybridized carbons (Fsp3) is 0.417. The lowest BCUT2D eigenvalue weighted by Crippen LogP contribution is -2.29. The number of carboxylic acids is 1. The van der Waals surface area contributed by atoms with Crippen LogP contribution < -0.4 is 0 Å². The van der Waals surface area contributed by atoms with Gasteiger partial charge in [-0.25, -0.2) is 4.79 Å². The van der Waals surface area contributed by atoms with E-state index in [0.29, 0.717) is 10.0 Å². The Hall–Kier alpha value is -0.770. The van der Waals surface area contributed by atoms with Gasteiger partial charge in [0.05, 0.1) is 6.10 Å². The molecule has 1 aromatic rings. The molecule has 0 aliphatic heterocycles. The lowest BCUT2D eigenvalue weighted by molar-refractivity contribution is -0.153. The van der Waals surface area contributed by atoms with E-state index in [1.807, 2.05) is 0 Å². The van der Waals surface area contributed by atoms with Crippen LogP contribution in [0.4, 0.5) is 0 Å². The molecule has 0 aliphatic rings. The van der Waals surface area contributed by atoms with Crippen LogP contribution in [0.5, 0.6) is 0 Å². The summed E-state index contributed by atoms with van der Waals surface area (Å²) in [4.78, 5) is 11.0.